The van der Waals surface area contributed by atoms with Crippen molar-refractivity contribution in [3.8, 4) is 0 Å². The summed E-state index contributed by atoms with van der Waals surface area (Å²) in [5.41, 5.74) is 0. The van der Waals surface area contributed by atoms with E-state index in [9.17, 15) is 0 Å². The van der Waals surface area contributed by atoms with Gasteiger partial charge in [0.2, 0.25) is 0 Å². The van der Waals surface area contributed by atoms with Crippen LogP contribution in [0.4, 0.5) is 0 Å². The molecule has 0 heterocycles. The molecule has 0 unspecified atom stereocenters. The van der Waals surface area contributed by atoms with Crippen LogP contribution >= 0.6 is 0 Å². The van der Waals surface area contributed by atoms with Crippen LogP contribution in [0.15, 0.2) is 0 Å². The zero-order valence-electron chi connectivity index (χ0n) is 7.31. The van der Waals surface area contributed by atoms with Gasteiger partial charge in [-0.2, -0.15) is 0 Å². The van der Waals surface area contributed by atoms with Gasteiger partial charge in [0.1, 0.15) is 0 Å². The molecule has 0 aromatic carbocycles. The highest BCUT2D eigenvalue weighted by Crippen LogP contribution is 1.83. The van der Waals surface area contributed by atoms with Crippen molar-refractivity contribution >= 4 is 9.04 Å². The zero-order valence-corrected chi connectivity index (χ0v) is 8.47. The van der Waals surface area contributed by atoms with Gasteiger partial charge < -0.3 is 4.43 Å². The Morgan fingerprint density at radius 1 is 1.40 bits per heavy atom. The number of rotatable bonds is 6. The monoisotopic (exact) mass is 161 g/mol. The van der Waals surface area contributed by atoms with Gasteiger partial charge in [-0.25, -0.2) is 0 Å². The fourth-order valence-corrected chi connectivity index (χ4v) is 1.05. The summed E-state index contributed by atoms with van der Waals surface area (Å²) >= 11 is 0. The first kappa shape index (κ1) is 10.1. The lowest BCUT2D eigenvalue weighted by molar-refractivity contribution is 0.289. The third-order valence-electron chi connectivity index (χ3n) is 1.23. The molecular weight excluding hydrogens is 142 g/mol. The van der Waals surface area contributed by atoms with Crippen LogP contribution < -0.4 is 5.32 Å². The molecule has 0 amide bonds. The molecule has 0 saturated heterocycles. The van der Waals surface area contributed by atoms with Crippen molar-refractivity contribution in [1.29, 1.82) is 0 Å². The summed E-state index contributed by atoms with van der Waals surface area (Å²) in [5, 5.41) is 3.23. The molecule has 0 fully saturated rings. The molecule has 0 saturated carbocycles. The normalized spacial score (nSPS) is 10.8. The van der Waals surface area contributed by atoms with Crippen LogP contribution in [-0.4, -0.2) is 22.3 Å². The molecule has 0 aliphatic carbocycles. The summed E-state index contributed by atoms with van der Waals surface area (Å²) in [6.07, 6.45) is 2.51. The summed E-state index contributed by atoms with van der Waals surface area (Å²) < 4.78 is 5.42. The second kappa shape index (κ2) is 7.25. The molecule has 62 valence electrons. The highest BCUT2D eigenvalue weighted by atomic mass is 28.3. The number of unbranched alkanes of at least 4 members (excludes halogenated alkanes) is 1. The van der Waals surface area contributed by atoms with Gasteiger partial charge >= 0.3 is 0 Å². The molecule has 0 atom stereocenters. The Morgan fingerprint density at radius 2 is 2.10 bits per heavy atom. The second-order valence-electron chi connectivity index (χ2n) is 2.71. The van der Waals surface area contributed by atoms with E-state index in [1.165, 1.54) is 12.8 Å². The first-order valence-corrected chi connectivity index (χ1v) is 6.87. The predicted molar refractivity (Wildman–Crippen MR) is 47.7 cm³/mol. The molecule has 0 aromatic heterocycles. The van der Waals surface area contributed by atoms with Crippen molar-refractivity contribution in [1.82, 2.24) is 5.32 Å². The van der Waals surface area contributed by atoms with Gasteiger partial charge in [-0.05, 0) is 26.1 Å². The summed E-state index contributed by atoms with van der Waals surface area (Å²) in [7, 11) is -0.785. The Bertz CT molecular complexity index is 68.6. The van der Waals surface area contributed by atoms with Gasteiger partial charge in [0, 0.05) is 0 Å². The minimum atomic E-state index is -0.785. The molecule has 2 nitrogen and oxygen atoms in total. The lowest BCUT2D eigenvalue weighted by atomic mass is 10.3. The Morgan fingerprint density at radius 3 is 2.60 bits per heavy atom. The summed E-state index contributed by atoms with van der Waals surface area (Å²) in [4.78, 5) is 0. The van der Waals surface area contributed by atoms with Crippen LogP contribution in [-0.2, 0) is 4.43 Å². The number of nitrogens with one attached hydrogen (secondary N) is 1. The lowest BCUT2D eigenvalue weighted by Gasteiger charge is -2.06. The van der Waals surface area contributed by atoms with E-state index in [-0.39, 0.29) is 0 Å². The fraction of sp³-hybridized carbons (Fsp3) is 1.00. The first-order chi connectivity index (χ1) is 4.77. The smallest absolute Gasteiger partial charge is 0.172 e. The van der Waals surface area contributed by atoms with Gasteiger partial charge in [0.05, 0.1) is 6.73 Å². The van der Waals surface area contributed by atoms with E-state index < -0.39 is 9.04 Å². The topological polar surface area (TPSA) is 21.3 Å². The van der Waals surface area contributed by atoms with E-state index in [1.54, 1.807) is 0 Å². The average molecular weight is 161 g/mol. The molecule has 0 bridgehead atoms. The minimum absolute atomic E-state index is 0.754. The van der Waals surface area contributed by atoms with E-state index in [4.69, 9.17) is 4.43 Å². The van der Waals surface area contributed by atoms with E-state index in [2.05, 4.69) is 25.3 Å². The van der Waals surface area contributed by atoms with Crippen molar-refractivity contribution in [3.05, 3.63) is 0 Å². The lowest BCUT2D eigenvalue weighted by Crippen LogP contribution is -2.23. The Hall–Kier alpha value is 0.137. The second-order valence-corrected chi connectivity index (χ2v) is 5.14. The SMILES string of the molecule is CCCCNCO[SiH](C)C. The van der Waals surface area contributed by atoms with Crippen molar-refractivity contribution in [2.45, 2.75) is 32.9 Å². The van der Waals surface area contributed by atoms with Crippen LogP contribution in [0.25, 0.3) is 0 Å². The first-order valence-electron chi connectivity index (χ1n) is 4.09. The summed E-state index contributed by atoms with van der Waals surface area (Å²) in [5.74, 6) is 0. The average Bonchev–Trinajstić information content (AvgIpc) is 1.87. The van der Waals surface area contributed by atoms with Crippen LogP contribution in [0.1, 0.15) is 19.8 Å². The number of hydrogen-bond donors (Lipinski definition) is 1. The standard InChI is InChI=1S/C7H19NOSi/c1-4-5-6-8-7-9-10(2)3/h8,10H,4-7H2,1-3H3. The molecule has 10 heavy (non-hydrogen) atoms. The van der Waals surface area contributed by atoms with Crippen molar-refractivity contribution in [2.75, 3.05) is 13.3 Å². The maximum absolute atomic E-state index is 5.42. The maximum atomic E-state index is 5.42. The molecule has 0 radical (unpaired) electrons. The quantitative estimate of drug-likeness (QED) is 0.360. The fourth-order valence-electron chi connectivity index (χ4n) is 0.600. The van der Waals surface area contributed by atoms with Crippen LogP contribution in [0.5, 0.6) is 0 Å². The van der Waals surface area contributed by atoms with E-state index >= 15 is 0 Å². The molecule has 0 rings (SSSR count). The third kappa shape index (κ3) is 8.14. The zero-order chi connectivity index (χ0) is 7.82. The Balaban J connectivity index is 2.77. The largest absolute Gasteiger partial charge is 0.408 e. The van der Waals surface area contributed by atoms with Gasteiger partial charge in [-0.15, -0.1) is 0 Å². The van der Waals surface area contributed by atoms with Gasteiger partial charge in [0.25, 0.3) is 0 Å². The molecule has 0 aromatic rings. The molecule has 0 spiro atoms. The maximum Gasteiger partial charge on any atom is 0.172 e. The van der Waals surface area contributed by atoms with Gasteiger partial charge in [-0.1, -0.05) is 13.3 Å². The van der Waals surface area contributed by atoms with Gasteiger partial charge in [0.15, 0.2) is 9.04 Å². The minimum Gasteiger partial charge on any atom is -0.408 e. The van der Waals surface area contributed by atoms with E-state index in [0.717, 1.165) is 13.3 Å². The summed E-state index contributed by atoms with van der Waals surface area (Å²) in [6.45, 7) is 8.41. The molecule has 0 aliphatic heterocycles. The van der Waals surface area contributed by atoms with Crippen molar-refractivity contribution in [3.63, 3.8) is 0 Å². The van der Waals surface area contributed by atoms with Crippen LogP contribution in [0.2, 0.25) is 13.1 Å². The molecule has 3 heteroatoms. The summed E-state index contributed by atoms with van der Waals surface area (Å²) in [6, 6.07) is 0. The molecule has 1 N–H and O–H groups in total. The Kier molecular flexibility index (Phi) is 7.35. The van der Waals surface area contributed by atoms with Crippen LogP contribution in [0, 0.1) is 0 Å². The molecule has 0 aliphatic rings. The van der Waals surface area contributed by atoms with Crippen molar-refractivity contribution in [2.24, 2.45) is 0 Å². The van der Waals surface area contributed by atoms with Crippen LogP contribution in [0.3, 0.4) is 0 Å². The highest BCUT2D eigenvalue weighted by Gasteiger charge is 1.92. The Labute approximate surface area is 65.7 Å². The highest BCUT2D eigenvalue weighted by molar-refractivity contribution is 6.48. The number of hydrogen-bond acceptors (Lipinski definition) is 2. The molecular formula is C7H19NOSi. The van der Waals surface area contributed by atoms with E-state index in [0.29, 0.717) is 0 Å². The van der Waals surface area contributed by atoms with Gasteiger partial charge in [-0.3, -0.25) is 5.32 Å². The van der Waals surface area contributed by atoms with E-state index in [1.807, 2.05) is 0 Å². The third-order valence-corrected chi connectivity index (χ3v) is 2.06. The predicted octanol–water partition coefficient (Wildman–Crippen LogP) is 1.33. The van der Waals surface area contributed by atoms with Crippen molar-refractivity contribution < 1.29 is 4.43 Å².